The van der Waals surface area contributed by atoms with Gasteiger partial charge in [-0.25, -0.2) is 4.39 Å². The van der Waals surface area contributed by atoms with Crippen LogP contribution in [0.15, 0.2) is 48.5 Å². The van der Waals surface area contributed by atoms with E-state index in [2.05, 4.69) is 10.2 Å². The lowest BCUT2D eigenvalue weighted by Crippen LogP contribution is -2.30. The monoisotopic (exact) mass is 395 g/mol. The number of benzene rings is 2. The predicted octanol–water partition coefficient (Wildman–Crippen LogP) is 3.46. The summed E-state index contributed by atoms with van der Waals surface area (Å²) >= 11 is 0. The lowest BCUT2D eigenvalue weighted by Gasteiger charge is -2.19. The summed E-state index contributed by atoms with van der Waals surface area (Å²) in [5.74, 6) is -0.995. The van der Waals surface area contributed by atoms with E-state index >= 15 is 0 Å². The van der Waals surface area contributed by atoms with Crippen LogP contribution < -0.4 is 10.2 Å². The molecule has 29 heavy (non-hydrogen) atoms. The zero-order chi connectivity index (χ0) is 20.2. The number of hydrogen-bond acceptors (Lipinski definition) is 3. The third-order valence-corrected chi connectivity index (χ3v) is 5.72. The van der Waals surface area contributed by atoms with Gasteiger partial charge in [0.15, 0.2) is 0 Å². The van der Waals surface area contributed by atoms with E-state index < -0.39 is 5.92 Å². The van der Waals surface area contributed by atoms with Crippen molar-refractivity contribution in [2.45, 2.75) is 25.7 Å². The second-order valence-electron chi connectivity index (χ2n) is 7.86. The Labute approximate surface area is 170 Å². The van der Waals surface area contributed by atoms with E-state index in [1.165, 1.54) is 17.7 Å². The molecule has 2 aromatic carbocycles. The quantitative estimate of drug-likeness (QED) is 0.815. The van der Waals surface area contributed by atoms with E-state index in [-0.39, 0.29) is 24.1 Å². The molecule has 1 unspecified atom stereocenters. The van der Waals surface area contributed by atoms with Gasteiger partial charge >= 0.3 is 0 Å². The second kappa shape index (κ2) is 8.64. The van der Waals surface area contributed by atoms with E-state index in [4.69, 9.17) is 0 Å². The molecule has 0 aromatic heterocycles. The third-order valence-electron chi connectivity index (χ3n) is 5.72. The minimum atomic E-state index is -0.406. The summed E-state index contributed by atoms with van der Waals surface area (Å²) in [4.78, 5) is 28.9. The van der Waals surface area contributed by atoms with E-state index in [1.54, 1.807) is 4.90 Å². The van der Waals surface area contributed by atoms with E-state index in [0.29, 0.717) is 18.8 Å². The molecule has 2 aliphatic heterocycles. The van der Waals surface area contributed by atoms with Crippen LogP contribution in [-0.2, 0) is 16.0 Å². The Hall–Kier alpha value is -2.89. The molecule has 4 rings (SSSR count). The molecule has 2 heterocycles. The van der Waals surface area contributed by atoms with Crippen LogP contribution in [0.5, 0.6) is 0 Å². The Bertz CT molecular complexity index is 881. The summed E-state index contributed by atoms with van der Waals surface area (Å²) in [6, 6.07) is 14.6. The van der Waals surface area contributed by atoms with Gasteiger partial charge in [-0.15, -0.1) is 0 Å². The Morgan fingerprint density at radius 3 is 2.62 bits per heavy atom. The molecule has 2 fully saturated rings. The van der Waals surface area contributed by atoms with Gasteiger partial charge in [-0.3, -0.25) is 9.59 Å². The fraction of sp³-hybridized carbons (Fsp3) is 0.391. The van der Waals surface area contributed by atoms with Crippen LogP contribution in [0, 0.1) is 11.7 Å². The second-order valence-corrected chi connectivity index (χ2v) is 7.86. The molecule has 152 valence electrons. The molecule has 2 amide bonds. The number of likely N-dealkylation sites (tertiary alicyclic amines) is 1. The first-order valence-electron chi connectivity index (χ1n) is 10.3. The van der Waals surface area contributed by atoms with Gasteiger partial charge in [0.25, 0.3) is 0 Å². The maximum Gasteiger partial charge on any atom is 0.229 e. The van der Waals surface area contributed by atoms with Crippen molar-refractivity contribution in [3.8, 4) is 0 Å². The standard InChI is InChI=1S/C23H26FN3O2/c24-19-13-20(15-21(14-19)26-9-4-5-10-26)25-23(29)18-12-22(28)27(16-18)11-8-17-6-2-1-3-7-17/h1-3,6-7,13-15,18H,4-5,8-12,16H2,(H,25,29). The molecule has 0 radical (unpaired) electrons. The molecule has 2 aromatic rings. The highest BCUT2D eigenvalue weighted by Crippen LogP contribution is 2.26. The first-order chi connectivity index (χ1) is 14.1. The molecule has 0 spiro atoms. The molecule has 2 saturated heterocycles. The van der Waals surface area contributed by atoms with Gasteiger partial charge in [-0.2, -0.15) is 0 Å². The number of amides is 2. The van der Waals surface area contributed by atoms with Crippen molar-refractivity contribution in [3.05, 3.63) is 59.9 Å². The number of anilines is 2. The van der Waals surface area contributed by atoms with Crippen LogP contribution in [0.25, 0.3) is 0 Å². The lowest BCUT2D eigenvalue weighted by atomic mass is 10.1. The van der Waals surface area contributed by atoms with Crippen LogP contribution in [0.1, 0.15) is 24.8 Å². The number of halogens is 1. The Balaban J connectivity index is 1.36. The van der Waals surface area contributed by atoms with Crippen molar-refractivity contribution >= 4 is 23.2 Å². The summed E-state index contributed by atoms with van der Waals surface area (Å²) in [6.07, 6.45) is 3.17. The topological polar surface area (TPSA) is 52.7 Å². The SMILES string of the molecule is O=C(Nc1cc(F)cc(N2CCCC2)c1)C1CC(=O)N(CCc2ccccc2)C1. The number of nitrogens with zero attached hydrogens (tertiary/aromatic N) is 2. The highest BCUT2D eigenvalue weighted by atomic mass is 19.1. The molecular weight excluding hydrogens is 369 g/mol. The molecule has 0 aliphatic carbocycles. The van der Waals surface area contributed by atoms with Crippen molar-refractivity contribution in [1.82, 2.24) is 4.90 Å². The average Bonchev–Trinajstić information content (AvgIpc) is 3.37. The fourth-order valence-electron chi connectivity index (χ4n) is 4.12. The van der Waals surface area contributed by atoms with Crippen molar-refractivity contribution in [2.24, 2.45) is 5.92 Å². The van der Waals surface area contributed by atoms with Gasteiger partial charge in [0.05, 0.1) is 5.92 Å². The van der Waals surface area contributed by atoms with Crippen LogP contribution in [-0.4, -0.2) is 42.9 Å². The Morgan fingerprint density at radius 1 is 1.10 bits per heavy atom. The van der Waals surface area contributed by atoms with Crippen LogP contribution in [0.3, 0.4) is 0 Å². The highest BCUT2D eigenvalue weighted by Gasteiger charge is 2.34. The van der Waals surface area contributed by atoms with Crippen LogP contribution in [0.4, 0.5) is 15.8 Å². The number of nitrogens with one attached hydrogen (secondary N) is 1. The van der Waals surface area contributed by atoms with Gasteiger partial charge in [0.2, 0.25) is 11.8 Å². The maximum atomic E-state index is 14.1. The molecule has 1 atom stereocenters. The molecular formula is C23H26FN3O2. The van der Waals surface area contributed by atoms with Crippen molar-refractivity contribution in [1.29, 1.82) is 0 Å². The van der Waals surface area contributed by atoms with Gasteiger partial charge in [0, 0.05) is 44.0 Å². The molecule has 0 bridgehead atoms. The van der Waals surface area contributed by atoms with Crippen molar-refractivity contribution in [3.63, 3.8) is 0 Å². The number of hydrogen-bond donors (Lipinski definition) is 1. The summed E-state index contributed by atoms with van der Waals surface area (Å²) in [7, 11) is 0. The van der Waals surface area contributed by atoms with Gasteiger partial charge in [-0.05, 0) is 43.0 Å². The summed E-state index contributed by atoms with van der Waals surface area (Å²) in [5, 5.41) is 2.82. The Morgan fingerprint density at radius 2 is 1.86 bits per heavy atom. The number of carbonyl (C=O) groups is 2. The predicted molar refractivity (Wildman–Crippen MR) is 111 cm³/mol. The van der Waals surface area contributed by atoms with Crippen LogP contribution >= 0.6 is 0 Å². The molecule has 5 nitrogen and oxygen atoms in total. The zero-order valence-corrected chi connectivity index (χ0v) is 16.4. The van der Waals surface area contributed by atoms with Gasteiger partial charge < -0.3 is 15.1 Å². The number of carbonyl (C=O) groups excluding carboxylic acids is 2. The zero-order valence-electron chi connectivity index (χ0n) is 16.4. The van der Waals surface area contributed by atoms with E-state index in [9.17, 15) is 14.0 Å². The van der Waals surface area contributed by atoms with Gasteiger partial charge in [-0.1, -0.05) is 30.3 Å². The minimum absolute atomic E-state index is 0.00178. The highest BCUT2D eigenvalue weighted by molar-refractivity contribution is 5.97. The maximum absolute atomic E-state index is 14.1. The minimum Gasteiger partial charge on any atom is -0.371 e. The van der Waals surface area contributed by atoms with Crippen molar-refractivity contribution in [2.75, 3.05) is 36.4 Å². The smallest absolute Gasteiger partial charge is 0.229 e. The Kier molecular flexibility index (Phi) is 5.79. The van der Waals surface area contributed by atoms with Crippen molar-refractivity contribution < 1.29 is 14.0 Å². The fourth-order valence-corrected chi connectivity index (χ4v) is 4.12. The molecule has 2 aliphatic rings. The van der Waals surface area contributed by atoms with Crippen LogP contribution in [0.2, 0.25) is 0 Å². The van der Waals surface area contributed by atoms with E-state index in [1.807, 2.05) is 36.4 Å². The summed E-state index contributed by atoms with van der Waals surface area (Å²) in [6.45, 7) is 2.83. The third kappa shape index (κ3) is 4.75. The summed E-state index contributed by atoms with van der Waals surface area (Å²) in [5.41, 5.74) is 2.42. The van der Waals surface area contributed by atoms with Gasteiger partial charge in [0.1, 0.15) is 5.82 Å². The normalized spacial score (nSPS) is 19.1. The molecule has 1 N–H and O–H groups in total. The largest absolute Gasteiger partial charge is 0.371 e. The molecule has 0 saturated carbocycles. The first-order valence-corrected chi connectivity index (χ1v) is 10.3. The average molecular weight is 395 g/mol. The lowest BCUT2D eigenvalue weighted by molar-refractivity contribution is -0.128. The number of rotatable bonds is 6. The molecule has 6 heteroatoms. The summed E-state index contributed by atoms with van der Waals surface area (Å²) < 4.78 is 14.1. The van der Waals surface area contributed by atoms with E-state index in [0.717, 1.165) is 38.0 Å². The first kappa shape index (κ1) is 19.4.